The molecule has 3 rings (SSSR count). The van der Waals surface area contributed by atoms with Gasteiger partial charge < -0.3 is 10.1 Å². The lowest BCUT2D eigenvalue weighted by Crippen LogP contribution is -2.33. The van der Waals surface area contributed by atoms with Gasteiger partial charge in [0.2, 0.25) is 10.0 Å². The quantitative estimate of drug-likeness (QED) is 0.468. The summed E-state index contributed by atoms with van der Waals surface area (Å²) in [5, 5.41) is 3.36. The Morgan fingerprint density at radius 1 is 1.12 bits per heavy atom. The fourth-order valence-electron chi connectivity index (χ4n) is 3.65. The lowest BCUT2D eigenvalue weighted by atomic mass is 10.1. The lowest BCUT2D eigenvalue weighted by molar-refractivity contribution is 0.0527. The van der Waals surface area contributed by atoms with Gasteiger partial charge in [0.05, 0.1) is 17.1 Å². The Balaban J connectivity index is 1.87. The van der Waals surface area contributed by atoms with Crippen LogP contribution in [0.2, 0.25) is 0 Å². The second-order valence-corrected chi connectivity index (χ2v) is 11.2. The minimum Gasteiger partial charge on any atom is -0.462 e. The van der Waals surface area contributed by atoms with E-state index >= 15 is 0 Å². The largest absolute Gasteiger partial charge is 0.462 e. The van der Waals surface area contributed by atoms with Crippen LogP contribution < -0.4 is 5.32 Å². The van der Waals surface area contributed by atoms with Gasteiger partial charge in [-0.05, 0) is 76.3 Å². The van der Waals surface area contributed by atoms with Crippen molar-refractivity contribution in [2.45, 2.75) is 63.8 Å². The summed E-state index contributed by atoms with van der Waals surface area (Å²) in [4.78, 5) is 26.8. The standard InChI is InChI=1S/C23H30N2O5S2/c1-5-30-23(27)20-18-9-7-6-8-10-19(18)31-22(20)24-21(26)16-11-13-17(14-12-16)32(28,29)25(4)15(2)3/h11-15H,5-10H2,1-4H3,(H,24,26). The third-order valence-electron chi connectivity index (χ3n) is 5.65. The molecule has 1 amide bonds. The normalized spacial score (nSPS) is 14.2. The Hall–Kier alpha value is -2.23. The van der Waals surface area contributed by atoms with Crippen molar-refractivity contribution in [3.05, 3.63) is 45.8 Å². The van der Waals surface area contributed by atoms with E-state index in [0.717, 1.165) is 42.5 Å². The molecule has 1 heterocycles. The molecule has 0 aliphatic heterocycles. The Morgan fingerprint density at radius 2 is 1.78 bits per heavy atom. The van der Waals surface area contributed by atoms with Crippen LogP contribution in [0.4, 0.5) is 5.00 Å². The van der Waals surface area contributed by atoms with Gasteiger partial charge in [-0.3, -0.25) is 4.79 Å². The highest BCUT2D eigenvalue weighted by Crippen LogP contribution is 2.38. The van der Waals surface area contributed by atoms with E-state index in [1.165, 1.54) is 47.0 Å². The van der Waals surface area contributed by atoms with E-state index in [-0.39, 0.29) is 17.5 Å². The van der Waals surface area contributed by atoms with E-state index in [0.29, 0.717) is 16.1 Å². The number of nitrogens with zero attached hydrogens (tertiary/aromatic N) is 1. The van der Waals surface area contributed by atoms with Crippen molar-refractivity contribution in [3.8, 4) is 0 Å². The van der Waals surface area contributed by atoms with Crippen molar-refractivity contribution in [2.24, 2.45) is 0 Å². The van der Waals surface area contributed by atoms with Crippen molar-refractivity contribution in [2.75, 3.05) is 19.0 Å². The van der Waals surface area contributed by atoms with E-state index in [2.05, 4.69) is 5.32 Å². The van der Waals surface area contributed by atoms with Gasteiger partial charge in [-0.2, -0.15) is 4.31 Å². The Labute approximate surface area is 193 Å². The fourth-order valence-corrected chi connectivity index (χ4v) is 6.29. The maximum Gasteiger partial charge on any atom is 0.341 e. The molecule has 1 N–H and O–H groups in total. The number of hydrogen-bond donors (Lipinski definition) is 1. The lowest BCUT2D eigenvalue weighted by Gasteiger charge is -2.21. The average Bonchev–Trinajstić information content (AvgIpc) is 2.93. The molecular formula is C23H30N2O5S2. The van der Waals surface area contributed by atoms with E-state index < -0.39 is 21.9 Å². The zero-order valence-corrected chi connectivity index (χ0v) is 20.6. The van der Waals surface area contributed by atoms with E-state index in [4.69, 9.17) is 4.74 Å². The van der Waals surface area contributed by atoms with Gasteiger partial charge in [0.1, 0.15) is 5.00 Å². The summed E-state index contributed by atoms with van der Waals surface area (Å²) in [6.07, 6.45) is 4.87. The number of sulfonamides is 1. The molecule has 7 nitrogen and oxygen atoms in total. The average molecular weight is 479 g/mol. The van der Waals surface area contributed by atoms with Crippen molar-refractivity contribution in [1.82, 2.24) is 4.31 Å². The molecular weight excluding hydrogens is 448 g/mol. The van der Waals surface area contributed by atoms with Gasteiger partial charge in [0, 0.05) is 23.5 Å². The number of hydrogen-bond acceptors (Lipinski definition) is 6. The minimum absolute atomic E-state index is 0.125. The van der Waals surface area contributed by atoms with Crippen molar-refractivity contribution < 1.29 is 22.7 Å². The number of ether oxygens (including phenoxy) is 1. The van der Waals surface area contributed by atoms with Crippen LogP contribution in [0.5, 0.6) is 0 Å². The zero-order chi connectivity index (χ0) is 23.5. The molecule has 2 aromatic rings. The number of nitrogens with one attached hydrogen (secondary N) is 1. The molecule has 0 radical (unpaired) electrons. The molecule has 1 aliphatic rings. The summed E-state index contributed by atoms with van der Waals surface area (Å²) in [5.41, 5.74) is 1.76. The van der Waals surface area contributed by atoms with Crippen LogP contribution >= 0.6 is 11.3 Å². The first-order valence-electron chi connectivity index (χ1n) is 10.9. The summed E-state index contributed by atoms with van der Waals surface area (Å²) in [7, 11) is -2.10. The summed E-state index contributed by atoms with van der Waals surface area (Å²) in [6.45, 7) is 5.61. The maximum absolute atomic E-state index is 12.9. The molecule has 1 aromatic heterocycles. The highest BCUT2D eigenvalue weighted by atomic mass is 32.2. The second kappa shape index (κ2) is 10.1. The number of carbonyl (C=O) groups is 2. The van der Waals surface area contributed by atoms with E-state index in [1.54, 1.807) is 20.8 Å². The van der Waals surface area contributed by atoms with Gasteiger partial charge in [-0.25, -0.2) is 13.2 Å². The molecule has 0 unspecified atom stereocenters. The summed E-state index contributed by atoms with van der Waals surface area (Å²) in [6, 6.07) is 5.65. The summed E-state index contributed by atoms with van der Waals surface area (Å²) in [5.74, 6) is -0.812. The number of anilines is 1. The van der Waals surface area contributed by atoms with E-state index in [1.807, 2.05) is 0 Å². The van der Waals surface area contributed by atoms with Crippen molar-refractivity contribution in [1.29, 1.82) is 0 Å². The molecule has 1 aromatic carbocycles. The zero-order valence-electron chi connectivity index (χ0n) is 18.9. The Kier molecular flexibility index (Phi) is 7.74. The molecule has 0 bridgehead atoms. The molecule has 0 fully saturated rings. The van der Waals surface area contributed by atoms with Gasteiger partial charge in [0.15, 0.2) is 0 Å². The second-order valence-electron chi connectivity index (χ2n) is 8.08. The number of thiophene rings is 1. The number of rotatable bonds is 7. The molecule has 174 valence electrons. The van der Waals surface area contributed by atoms with Gasteiger partial charge in [-0.1, -0.05) is 6.42 Å². The summed E-state index contributed by atoms with van der Waals surface area (Å²) < 4.78 is 31.8. The van der Waals surface area contributed by atoms with E-state index in [9.17, 15) is 18.0 Å². The molecule has 0 atom stereocenters. The first-order chi connectivity index (χ1) is 15.2. The monoisotopic (exact) mass is 478 g/mol. The molecule has 0 saturated heterocycles. The number of fused-ring (bicyclic) bond motifs is 1. The topological polar surface area (TPSA) is 92.8 Å². The number of esters is 1. The Morgan fingerprint density at radius 3 is 2.41 bits per heavy atom. The van der Waals surface area contributed by atoms with Gasteiger partial charge >= 0.3 is 5.97 Å². The summed E-state index contributed by atoms with van der Waals surface area (Å²) >= 11 is 1.43. The SMILES string of the molecule is CCOC(=O)c1c(NC(=O)c2ccc(S(=O)(=O)N(C)C(C)C)cc2)sc2c1CCCCC2. The third-order valence-corrected chi connectivity index (χ3v) is 8.90. The van der Waals surface area contributed by atoms with Crippen LogP contribution in [-0.4, -0.2) is 44.3 Å². The minimum atomic E-state index is -3.63. The molecule has 9 heteroatoms. The first kappa shape index (κ1) is 24.4. The maximum atomic E-state index is 12.9. The number of aryl methyl sites for hydroxylation is 1. The van der Waals surface area contributed by atoms with Crippen LogP contribution in [0.3, 0.4) is 0 Å². The van der Waals surface area contributed by atoms with Crippen molar-refractivity contribution in [3.63, 3.8) is 0 Å². The number of carbonyl (C=O) groups excluding carboxylic acids is 2. The third kappa shape index (κ3) is 5.05. The molecule has 32 heavy (non-hydrogen) atoms. The van der Waals surface area contributed by atoms with Crippen LogP contribution in [0.25, 0.3) is 0 Å². The first-order valence-corrected chi connectivity index (χ1v) is 13.1. The number of amides is 1. The Bertz CT molecular complexity index is 1090. The predicted molar refractivity (Wildman–Crippen MR) is 126 cm³/mol. The highest BCUT2D eigenvalue weighted by Gasteiger charge is 2.27. The molecule has 0 spiro atoms. The molecule has 0 saturated carbocycles. The van der Waals surface area contributed by atoms with Gasteiger partial charge in [-0.15, -0.1) is 11.3 Å². The van der Waals surface area contributed by atoms with Crippen LogP contribution in [-0.2, 0) is 27.6 Å². The molecule has 1 aliphatic carbocycles. The smallest absolute Gasteiger partial charge is 0.341 e. The highest BCUT2D eigenvalue weighted by molar-refractivity contribution is 7.89. The van der Waals surface area contributed by atoms with Gasteiger partial charge in [0.25, 0.3) is 5.91 Å². The van der Waals surface area contributed by atoms with Crippen LogP contribution in [0.1, 0.15) is 71.2 Å². The number of benzene rings is 1. The van der Waals surface area contributed by atoms with Crippen LogP contribution in [0.15, 0.2) is 29.2 Å². The predicted octanol–water partition coefficient (Wildman–Crippen LogP) is 4.47. The van der Waals surface area contributed by atoms with Crippen LogP contribution in [0, 0.1) is 0 Å². The fraction of sp³-hybridized carbons (Fsp3) is 0.478. The van der Waals surface area contributed by atoms with Crippen molar-refractivity contribution >= 4 is 38.2 Å².